The Labute approximate surface area is 163 Å². The minimum absolute atomic E-state index is 0.0457. The van der Waals surface area contributed by atoms with Crippen molar-refractivity contribution < 1.29 is 18.7 Å². The van der Waals surface area contributed by atoms with Gasteiger partial charge >= 0.3 is 0 Å². The third-order valence-electron chi connectivity index (χ3n) is 4.63. The molecule has 1 unspecified atom stereocenters. The molecule has 2 heterocycles. The molecule has 4 rings (SSSR count). The summed E-state index contributed by atoms with van der Waals surface area (Å²) in [6, 6.07) is 15.3. The van der Waals surface area contributed by atoms with E-state index in [2.05, 4.69) is 22.0 Å². The van der Waals surface area contributed by atoms with Crippen LogP contribution in [0.2, 0.25) is 0 Å². The Balaban J connectivity index is 1.40. The molecule has 0 radical (unpaired) electrons. The van der Waals surface area contributed by atoms with E-state index in [-0.39, 0.29) is 6.10 Å². The normalized spacial score (nSPS) is 15.6. The van der Waals surface area contributed by atoms with Gasteiger partial charge in [-0.25, -0.2) is 0 Å². The lowest BCUT2D eigenvalue weighted by Gasteiger charge is -2.30. The van der Waals surface area contributed by atoms with Crippen LogP contribution in [0.25, 0.3) is 11.4 Å². The molecule has 3 aromatic rings. The fourth-order valence-corrected chi connectivity index (χ4v) is 3.14. The second-order valence-electron chi connectivity index (χ2n) is 6.57. The Morgan fingerprint density at radius 3 is 2.82 bits per heavy atom. The van der Waals surface area contributed by atoms with Crippen molar-refractivity contribution in [1.29, 1.82) is 0 Å². The summed E-state index contributed by atoms with van der Waals surface area (Å²) < 4.78 is 22.6. The fraction of sp³-hybridized carbons (Fsp3) is 0.333. The number of ether oxygens (including phenoxy) is 3. The van der Waals surface area contributed by atoms with Gasteiger partial charge in [0.25, 0.3) is 0 Å². The van der Waals surface area contributed by atoms with E-state index in [1.807, 2.05) is 48.5 Å². The number of benzene rings is 2. The van der Waals surface area contributed by atoms with Crippen molar-refractivity contribution in [1.82, 2.24) is 15.0 Å². The van der Waals surface area contributed by atoms with Gasteiger partial charge in [0.1, 0.15) is 18.5 Å². The van der Waals surface area contributed by atoms with Crippen molar-refractivity contribution in [2.24, 2.45) is 0 Å². The average Bonchev–Trinajstić information content (AvgIpc) is 3.22. The number of hydrogen-bond donors (Lipinski definition) is 0. The molecule has 7 heteroatoms. The molecular formula is C21H23N3O4. The van der Waals surface area contributed by atoms with E-state index in [0.717, 1.165) is 29.4 Å². The van der Waals surface area contributed by atoms with Crippen molar-refractivity contribution in [3.8, 4) is 28.6 Å². The first-order valence-electron chi connectivity index (χ1n) is 9.33. The van der Waals surface area contributed by atoms with Gasteiger partial charge in [0.05, 0.1) is 13.7 Å². The highest BCUT2D eigenvalue weighted by Crippen LogP contribution is 2.31. The van der Waals surface area contributed by atoms with Crippen LogP contribution in [0.3, 0.4) is 0 Å². The first-order chi connectivity index (χ1) is 13.7. The summed E-state index contributed by atoms with van der Waals surface area (Å²) in [7, 11) is 1.63. The lowest BCUT2D eigenvalue weighted by Crippen LogP contribution is -2.40. The molecule has 146 valence electrons. The Bertz CT molecular complexity index is 927. The molecule has 7 nitrogen and oxygen atoms in total. The maximum atomic E-state index is 6.05. The van der Waals surface area contributed by atoms with Gasteiger partial charge in [-0.3, -0.25) is 4.90 Å². The summed E-state index contributed by atoms with van der Waals surface area (Å²) in [5.41, 5.74) is 0.859. The van der Waals surface area contributed by atoms with Crippen molar-refractivity contribution in [2.45, 2.75) is 19.6 Å². The van der Waals surface area contributed by atoms with Crippen molar-refractivity contribution in [3.05, 3.63) is 54.4 Å². The highest BCUT2D eigenvalue weighted by Gasteiger charge is 2.23. The van der Waals surface area contributed by atoms with Gasteiger partial charge in [-0.1, -0.05) is 36.3 Å². The Hall–Kier alpha value is -3.06. The van der Waals surface area contributed by atoms with Crippen LogP contribution in [-0.2, 0) is 6.54 Å². The third-order valence-corrected chi connectivity index (χ3v) is 4.63. The van der Waals surface area contributed by atoms with Gasteiger partial charge < -0.3 is 18.7 Å². The molecule has 1 atom stereocenters. The highest BCUT2D eigenvalue weighted by molar-refractivity contribution is 5.56. The third kappa shape index (κ3) is 4.09. The summed E-state index contributed by atoms with van der Waals surface area (Å²) in [4.78, 5) is 6.72. The Morgan fingerprint density at radius 2 is 2.00 bits per heavy atom. The van der Waals surface area contributed by atoms with Crippen LogP contribution in [-0.4, -0.2) is 48.0 Å². The molecule has 0 amide bonds. The number of nitrogens with zero attached hydrogens (tertiary/aromatic N) is 3. The number of hydrogen-bond acceptors (Lipinski definition) is 7. The Kier molecular flexibility index (Phi) is 5.43. The predicted molar refractivity (Wildman–Crippen MR) is 104 cm³/mol. The van der Waals surface area contributed by atoms with Gasteiger partial charge in [0.15, 0.2) is 11.5 Å². The molecule has 28 heavy (non-hydrogen) atoms. The maximum Gasteiger partial charge on any atom is 0.241 e. The molecular weight excluding hydrogens is 358 g/mol. The molecule has 0 saturated carbocycles. The fourth-order valence-electron chi connectivity index (χ4n) is 3.14. The molecule has 1 aliphatic heterocycles. The molecule has 0 spiro atoms. The van der Waals surface area contributed by atoms with Crippen molar-refractivity contribution in [3.63, 3.8) is 0 Å². The molecule has 2 aromatic carbocycles. The molecule has 1 aliphatic rings. The van der Waals surface area contributed by atoms with E-state index in [0.29, 0.717) is 31.4 Å². The first-order valence-corrected chi connectivity index (χ1v) is 9.33. The molecule has 1 aromatic heterocycles. The molecule has 0 saturated heterocycles. The van der Waals surface area contributed by atoms with Gasteiger partial charge in [0, 0.05) is 12.1 Å². The summed E-state index contributed by atoms with van der Waals surface area (Å²) in [6.07, 6.45) is -0.0457. The second-order valence-corrected chi connectivity index (χ2v) is 6.57. The number of methoxy groups -OCH3 is 1. The largest absolute Gasteiger partial charge is 0.497 e. The number of fused-ring (bicyclic) bond motifs is 1. The number of likely N-dealkylation sites (N-methyl/N-ethyl adjacent to an activating group) is 1. The van der Waals surface area contributed by atoms with Gasteiger partial charge in [-0.15, -0.1) is 0 Å². The standard InChI is InChI=1S/C21H23N3O4/c1-3-24(12-17-14-26-18-9-4-5-10-19(18)27-17)13-20-22-21(23-28-20)15-7-6-8-16(11-15)25-2/h4-11,17H,3,12-14H2,1-2H3. The summed E-state index contributed by atoms with van der Waals surface area (Å²) in [5.74, 6) is 3.45. The van der Waals surface area contributed by atoms with E-state index < -0.39 is 0 Å². The quantitative estimate of drug-likeness (QED) is 0.621. The number of rotatable bonds is 7. The van der Waals surface area contributed by atoms with E-state index in [1.165, 1.54) is 0 Å². The molecule has 0 N–H and O–H groups in total. The second kappa shape index (κ2) is 8.31. The average molecular weight is 381 g/mol. The molecule has 0 fully saturated rings. The topological polar surface area (TPSA) is 69.9 Å². The van der Waals surface area contributed by atoms with Crippen LogP contribution in [0.1, 0.15) is 12.8 Å². The lowest BCUT2D eigenvalue weighted by molar-refractivity contribution is 0.0551. The van der Waals surface area contributed by atoms with Gasteiger partial charge in [-0.05, 0) is 30.8 Å². The van der Waals surface area contributed by atoms with Crippen LogP contribution in [0.4, 0.5) is 0 Å². The van der Waals surface area contributed by atoms with Crippen LogP contribution in [0.5, 0.6) is 17.2 Å². The highest BCUT2D eigenvalue weighted by atomic mass is 16.6. The lowest BCUT2D eigenvalue weighted by atomic mass is 10.2. The van der Waals surface area contributed by atoms with Gasteiger partial charge in [-0.2, -0.15) is 4.98 Å². The van der Waals surface area contributed by atoms with Crippen molar-refractivity contribution >= 4 is 0 Å². The summed E-state index contributed by atoms with van der Waals surface area (Å²) in [6.45, 7) is 4.71. The number of aromatic nitrogens is 2. The minimum Gasteiger partial charge on any atom is -0.497 e. The maximum absolute atomic E-state index is 6.05. The summed E-state index contributed by atoms with van der Waals surface area (Å²) in [5, 5.41) is 4.10. The van der Waals surface area contributed by atoms with Crippen LogP contribution in [0, 0.1) is 0 Å². The van der Waals surface area contributed by atoms with Crippen LogP contribution in [0.15, 0.2) is 53.1 Å². The van der Waals surface area contributed by atoms with E-state index >= 15 is 0 Å². The molecule has 0 bridgehead atoms. The van der Waals surface area contributed by atoms with E-state index in [9.17, 15) is 0 Å². The van der Waals surface area contributed by atoms with E-state index in [4.69, 9.17) is 18.7 Å². The zero-order chi connectivity index (χ0) is 19.3. The van der Waals surface area contributed by atoms with Gasteiger partial charge in [0.2, 0.25) is 11.7 Å². The SMILES string of the molecule is CCN(Cc1nc(-c2cccc(OC)c2)no1)CC1COc2ccccc2O1. The van der Waals surface area contributed by atoms with Crippen molar-refractivity contribution in [2.75, 3.05) is 26.8 Å². The monoisotopic (exact) mass is 381 g/mol. The first kappa shape index (κ1) is 18.3. The molecule has 0 aliphatic carbocycles. The zero-order valence-electron chi connectivity index (χ0n) is 16.0. The Morgan fingerprint density at radius 1 is 1.14 bits per heavy atom. The smallest absolute Gasteiger partial charge is 0.241 e. The zero-order valence-corrected chi connectivity index (χ0v) is 16.0. The van der Waals surface area contributed by atoms with Crippen LogP contribution < -0.4 is 14.2 Å². The predicted octanol–water partition coefficient (Wildman–Crippen LogP) is 3.41. The minimum atomic E-state index is -0.0457. The summed E-state index contributed by atoms with van der Waals surface area (Å²) >= 11 is 0. The number of para-hydroxylation sites is 2. The van der Waals surface area contributed by atoms with Crippen LogP contribution >= 0.6 is 0 Å². The van der Waals surface area contributed by atoms with E-state index in [1.54, 1.807) is 7.11 Å².